The van der Waals surface area contributed by atoms with Crippen LogP contribution >= 0.6 is 11.6 Å². The second kappa shape index (κ2) is 5.79. The first-order chi connectivity index (χ1) is 9.47. The lowest BCUT2D eigenvalue weighted by atomic mass is 10.1. The Balaban J connectivity index is 2.28. The van der Waals surface area contributed by atoms with Crippen LogP contribution in [0.2, 0.25) is 5.02 Å². The molecule has 0 radical (unpaired) electrons. The van der Waals surface area contributed by atoms with Gasteiger partial charge in [-0.3, -0.25) is 0 Å². The van der Waals surface area contributed by atoms with Crippen LogP contribution in [-0.2, 0) is 0 Å². The van der Waals surface area contributed by atoms with E-state index in [2.05, 4.69) is 10.3 Å². The minimum atomic E-state index is -1.08. The molecule has 0 amide bonds. The molecule has 20 heavy (non-hydrogen) atoms. The van der Waals surface area contributed by atoms with Gasteiger partial charge < -0.3 is 16.2 Å². The number of pyridine rings is 1. The number of hydrogen-bond acceptors (Lipinski definition) is 4. The highest BCUT2D eigenvalue weighted by Crippen LogP contribution is 2.23. The lowest BCUT2D eigenvalue weighted by Crippen LogP contribution is -2.12. The molecule has 6 heteroatoms. The Morgan fingerprint density at radius 1 is 1.45 bits per heavy atom. The van der Waals surface area contributed by atoms with Crippen LogP contribution in [0.15, 0.2) is 36.5 Å². The van der Waals surface area contributed by atoms with Crippen molar-refractivity contribution in [3.05, 3.63) is 52.7 Å². The number of carboxylic acids is 1. The van der Waals surface area contributed by atoms with Gasteiger partial charge >= 0.3 is 5.97 Å². The van der Waals surface area contributed by atoms with E-state index in [1.165, 1.54) is 12.3 Å². The van der Waals surface area contributed by atoms with Crippen molar-refractivity contribution in [1.82, 2.24) is 4.98 Å². The summed E-state index contributed by atoms with van der Waals surface area (Å²) in [4.78, 5) is 15.2. The summed E-state index contributed by atoms with van der Waals surface area (Å²) in [5.41, 5.74) is 6.84. The van der Waals surface area contributed by atoms with Gasteiger partial charge in [-0.05, 0) is 30.7 Å². The van der Waals surface area contributed by atoms with Gasteiger partial charge in [-0.15, -0.1) is 0 Å². The number of carboxylic acid groups (broad SMARTS) is 1. The number of nitrogens with zero attached hydrogens (tertiary/aromatic N) is 1. The van der Waals surface area contributed by atoms with Crippen molar-refractivity contribution >= 4 is 29.1 Å². The number of anilines is 2. The average molecular weight is 292 g/mol. The molecule has 0 aliphatic rings. The third kappa shape index (κ3) is 3.19. The summed E-state index contributed by atoms with van der Waals surface area (Å²) < 4.78 is 0. The molecule has 0 bridgehead atoms. The monoisotopic (exact) mass is 291 g/mol. The van der Waals surface area contributed by atoms with E-state index in [1.54, 1.807) is 6.07 Å². The molecule has 1 unspecified atom stereocenters. The van der Waals surface area contributed by atoms with Gasteiger partial charge in [0.15, 0.2) is 0 Å². The fourth-order valence-electron chi connectivity index (χ4n) is 1.82. The van der Waals surface area contributed by atoms with Crippen LogP contribution in [0.1, 0.15) is 28.9 Å². The molecule has 2 aromatic rings. The fraction of sp³-hybridized carbons (Fsp3) is 0.143. The van der Waals surface area contributed by atoms with E-state index in [4.69, 9.17) is 22.4 Å². The molecule has 1 heterocycles. The van der Waals surface area contributed by atoms with Crippen LogP contribution in [0.25, 0.3) is 0 Å². The standard InChI is InChI=1S/C14H14ClN3O2/c1-8(9-3-2-4-10(15)5-9)18-13-12(14(19)20)6-11(16)7-17-13/h2-8H,16H2,1H3,(H,17,18)(H,19,20). The molecule has 0 fully saturated rings. The predicted molar refractivity (Wildman–Crippen MR) is 79.1 cm³/mol. The number of rotatable bonds is 4. The van der Waals surface area contributed by atoms with E-state index in [1.807, 2.05) is 25.1 Å². The van der Waals surface area contributed by atoms with Crippen LogP contribution < -0.4 is 11.1 Å². The third-order valence-corrected chi connectivity index (χ3v) is 3.08. The Morgan fingerprint density at radius 2 is 2.20 bits per heavy atom. The van der Waals surface area contributed by atoms with Crippen LogP contribution in [-0.4, -0.2) is 16.1 Å². The van der Waals surface area contributed by atoms with Crippen molar-refractivity contribution in [3.63, 3.8) is 0 Å². The quantitative estimate of drug-likeness (QED) is 0.805. The van der Waals surface area contributed by atoms with E-state index < -0.39 is 5.97 Å². The summed E-state index contributed by atoms with van der Waals surface area (Å²) in [6.45, 7) is 1.90. The lowest BCUT2D eigenvalue weighted by molar-refractivity contribution is 0.0697. The zero-order valence-corrected chi connectivity index (χ0v) is 11.6. The zero-order valence-electron chi connectivity index (χ0n) is 10.8. The van der Waals surface area contributed by atoms with Crippen LogP contribution in [0, 0.1) is 0 Å². The lowest BCUT2D eigenvalue weighted by Gasteiger charge is -2.16. The van der Waals surface area contributed by atoms with E-state index in [-0.39, 0.29) is 17.4 Å². The van der Waals surface area contributed by atoms with Crippen molar-refractivity contribution < 1.29 is 9.90 Å². The van der Waals surface area contributed by atoms with E-state index in [9.17, 15) is 4.79 Å². The molecule has 0 aliphatic carbocycles. The molecule has 0 spiro atoms. The molecule has 0 saturated carbocycles. The summed E-state index contributed by atoms with van der Waals surface area (Å²) in [5, 5.41) is 12.8. The van der Waals surface area contributed by atoms with Gasteiger partial charge in [0.05, 0.1) is 17.9 Å². The van der Waals surface area contributed by atoms with Gasteiger partial charge in [-0.2, -0.15) is 0 Å². The third-order valence-electron chi connectivity index (χ3n) is 2.84. The van der Waals surface area contributed by atoms with Crippen molar-refractivity contribution in [1.29, 1.82) is 0 Å². The Labute approximate surface area is 121 Å². The van der Waals surface area contributed by atoms with Gasteiger partial charge in [0.2, 0.25) is 0 Å². The first-order valence-corrected chi connectivity index (χ1v) is 6.36. The molecule has 1 atom stereocenters. The summed E-state index contributed by atoms with van der Waals surface area (Å²) in [6, 6.07) is 8.58. The van der Waals surface area contributed by atoms with Gasteiger partial charge in [-0.25, -0.2) is 9.78 Å². The van der Waals surface area contributed by atoms with Crippen LogP contribution in [0.4, 0.5) is 11.5 Å². The molecule has 5 nitrogen and oxygen atoms in total. The van der Waals surface area contributed by atoms with Gasteiger partial charge in [0.1, 0.15) is 11.4 Å². The maximum absolute atomic E-state index is 11.2. The molecule has 0 saturated heterocycles. The molecular weight excluding hydrogens is 278 g/mol. The molecule has 4 N–H and O–H groups in total. The van der Waals surface area contributed by atoms with Crippen molar-refractivity contribution in [3.8, 4) is 0 Å². The minimum Gasteiger partial charge on any atom is -0.478 e. The fourth-order valence-corrected chi connectivity index (χ4v) is 2.02. The number of nitrogens with one attached hydrogen (secondary N) is 1. The summed E-state index contributed by atoms with van der Waals surface area (Å²) >= 11 is 5.94. The minimum absolute atomic E-state index is 0.0406. The number of benzene rings is 1. The maximum Gasteiger partial charge on any atom is 0.339 e. The summed E-state index contributed by atoms with van der Waals surface area (Å²) in [7, 11) is 0. The first kappa shape index (κ1) is 14.1. The molecule has 2 rings (SSSR count). The highest BCUT2D eigenvalue weighted by atomic mass is 35.5. The van der Waals surface area contributed by atoms with Gasteiger partial charge in [-0.1, -0.05) is 23.7 Å². The van der Waals surface area contributed by atoms with E-state index in [0.717, 1.165) is 5.56 Å². The number of nitrogens with two attached hydrogens (primary N) is 1. The zero-order chi connectivity index (χ0) is 14.7. The van der Waals surface area contributed by atoms with Crippen molar-refractivity contribution in [2.45, 2.75) is 13.0 Å². The van der Waals surface area contributed by atoms with Crippen molar-refractivity contribution in [2.75, 3.05) is 11.1 Å². The highest BCUT2D eigenvalue weighted by molar-refractivity contribution is 6.30. The smallest absolute Gasteiger partial charge is 0.339 e. The number of halogens is 1. The Morgan fingerprint density at radius 3 is 2.85 bits per heavy atom. The largest absolute Gasteiger partial charge is 0.478 e. The number of nitrogen functional groups attached to an aromatic ring is 1. The first-order valence-electron chi connectivity index (χ1n) is 5.98. The molecule has 104 valence electrons. The van der Waals surface area contributed by atoms with E-state index in [0.29, 0.717) is 10.7 Å². The van der Waals surface area contributed by atoms with Gasteiger partial charge in [0.25, 0.3) is 0 Å². The van der Waals surface area contributed by atoms with Crippen LogP contribution in [0.3, 0.4) is 0 Å². The molecule has 1 aromatic carbocycles. The predicted octanol–water partition coefficient (Wildman–Crippen LogP) is 3.19. The Bertz CT molecular complexity index is 646. The second-order valence-corrected chi connectivity index (χ2v) is 4.83. The Hall–Kier alpha value is -2.27. The van der Waals surface area contributed by atoms with Crippen LogP contribution in [0.5, 0.6) is 0 Å². The maximum atomic E-state index is 11.2. The number of carbonyl (C=O) groups is 1. The van der Waals surface area contributed by atoms with Crippen molar-refractivity contribution in [2.24, 2.45) is 0 Å². The molecular formula is C14H14ClN3O2. The topological polar surface area (TPSA) is 88.2 Å². The number of aromatic nitrogens is 1. The van der Waals surface area contributed by atoms with Gasteiger partial charge in [0, 0.05) is 5.02 Å². The number of aromatic carboxylic acids is 1. The Kier molecular flexibility index (Phi) is 4.10. The molecule has 0 aliphatic heterocycles. The number of hydrogen-bond donors (Lipinski definition) is 3. The normalized spacial score (nSPS) is 11.9. The summed E-state index contributed by atoms with van der Waals surface area (Å²) in [5.74, 6) is -0.801. The van der Waals surface area contributed by atoms with E-state index >= 15 is 0 Å². The summed E-state index contributed by atoms with van der Waals surface area (Å²) in [6.07, 6.45) is 1.42. The molecule has 1 aromatic heterocycles. The average Bonchev–Trinajstić information content (AvgIpc) is 2.40. The second-order valence-electron chi connectivity index (χ2n) is 4.39. The highest BCUT2D eigenvalue weighted by Gasteiger charge is 2.15. The SMILES string of the molecule is CC(Nc1ncc(N)cc1C(=O)O)c1cccc(Cl)c1.